The Bertz CT molecular complexity index is 593. The van der Waals surface area contributed by atoms with E-state index in [2.05, 4.69) is 10.2 Å². The van der Waals surface area contributed by atoms with E-state index in [4.69, 9.17) is 0 Å². The van der Waals surface area contributed by atoms with E-state index < -0.39 is 17.8 Å². The van der Waals surface area contributed by atoms with Crippen molar-refractivity contribution < 1.29 is 24.0 Å². The fourth-order valence-corrected chi connectivity index (χ4v) is 1.88. The largest absolute Gasteiger partial charge is 0.333 e. The lowest BCUT2D eigenvalue weighted by Crippen LogP contribution is -2.32. The number of carbonyl (C=O) groups excluding carboxylic acids is 4. The molecule has 1 saturated heterocycles. The second-order valence-electron chi connectivity index (χ2n) is 4.96. The molecule has 0 aromatic heterocycles. The first-order valence-electron chi connectivity index (χ1n) is 6.89. The number of nitrogens with one attached hydrogen (secondary N) is 1. The summed E-state index contributed by atoms with van der Waals surface area (Å²) in [4.78, 5) is 50.5. The SMILES string of the molecule is Cc1ccc(NC(=O)CCC(=O)ON2C(=O)CCC2=O)cc1. The van der Waals surface area contributed by atoms with Crippen LogP contribution in [0.15, 0.2) is 24.3 Å². The van der Waals surface area contributed by atoms with Crippen molar-refractivity contribution in [3.63, 3.8) is 0 Å². The van der Waals surface area contributed by atoms with Gasteiger partial charge < -0.3 is 10.2 Å². The Kier molecular flexibility index (Phi) is 4.88. The van der Waals surface area contributed by atoms with E-state index in [0.29, 0.717) is 10.8 Å². The maximum atomic E-state index is 11.7. The lowest BCUT2D eigenvalue weighted by molar-refractivity contribution is -0.197. The normalized spacial score (nSPS) is 14.1. The standard InChI is InChI=1S/C15H16N2O5/c1-10-2-4-11(5-3-10)16-12(18)6-9-15(21)22-17-13(19)7-8-14(17)20/h2-5H,6-9H2,1H3,(H,16,18). The first kappa shape index (κ1) is 15.7. The molecule has 22 heavy (non-hydrogen) atoms. The molecule has 1 aliphatic heterocycles. The topological polar surface area (TPSA) is 92.8 Å². The summed E-state index contributed by atoms with van der Waals surface area (Å²) in [5.41, 5.74) is 1.70. The van der Waals surface area contributed by atoms with Gasteiger partial charge in [-0.25, -0.2) is 4.79 Å². The minimum atomic E-state index is -0.789. The zero-order valence-corrected chi connectivity index (χ0v) is 12.1. The first-order valence-corrected chi connectivity index (χ1v) is 6.89. The number of carbonyl (C=O) groups is 4. The summed E-state index contributed by atoms with van der Waals surface area (Å²) in [7, 11) is 0. The van der Waals surface area contributed by atoms with Gasteiger partial charge in [0, 0.05) is 24.9 Å². The van der Waals surface area contributed by atoms with E-state index >= 15 is 0 Å². The van der Waals surface area contributed by atoms with Gasteiger partial charge >= 0.3 is 5.97 Å². The van der Waals surface area contributed by atoms with Crippen LogP contribution in [0, 0.1) is 6.92 Å². The molecular formula is C15H16N2O5. The molecule has 1 aromatic rings. The van der Waals surface area contributed by atoms with E-state index in [0.717, 1.165) is 5.56 Å². The van der Waals surface area contributed by atoms with Crippen molar-refractivity contribution in [1.29, 1.82) is 0 Å². The number of anilines is 1. The number of imide groups is 1. The van der Waals surface area contributed by atoms with Gasteiger partial charge in [0.2, 0.25) is 5.91 Å². The molecule has 116 valence electrons. The number of rotatable bonds is 5. The molecule has 3 amide bonds. The van der Waals surface area contributed by atoms with Crippen LogP contribution in [-0.2, 0) is 24.0 Å². The highest BCUT2D eigenvalue weighted by Gasteiger charge is 2.32. The van der Waals surface area contributed by atoms with Gasteiger partial charge in [0.05, 0.1) is 6.42 Å². The number of nitrogens with zero attached hydrogens (tertiary/aromatic N) is 1. The minimum absolute atomic E-state index is 0.0417. The lowest BCUT2D eigenvalue weighted by atomic mass is 10.2. The summed E-state index contributed by atoms with van der Waals surface area (Å²) in [6.45, 7) is 1.93. The van der Waals surface area contributed by atoms with Crippen LogP contribution in [0.5, 0.6) is 0 Å². The van der Waals surface area contributed by atoms with Gasteiger partial charge in [-0.1, -0.05) is 17.7 Å². The van der Waals surface area contributed by atoms with Crippen LogP contribution in [0.4, 0.5) is 5.69 Å². The van der Waals surface area contributed by atoms with Gasteiger partial charge in [0.15, 0.2) is 0 Å². The Hall–Kier alpha value is -2.70. The van der Waals surface area contributed by atoms with Crippen molar-refractivity contribution >= 4 is 29.4 Å². The quantitative estimate of drug-likeness (QED) is 0.828. The van der Waals surface area contributed by atoms with Gasteiger partial charge in [-0.05, 0) is 19.1 Å². The number of hydrogen-bond acceptors (Lipinski definition) is 5. The molecule has 0 radical (unpaired) electrons. The van der Waals surface area contributed by atoms with Crippen LogP contribution in [0.3, 0.4) is 0 Å². The Morgan fingerprint density at radius 1 is 1.09 bits per heavy atom. The highest BCUT2D eigenvalue weighted by atomic mass is 16.7. The van der Waals surface area contributed by atoms with Crippen LogP contribution in [-0.4, -0.2) is 28.8 Å². The number of amides is 3. The first-order chi connectivity index (χ1) is 10.5. The van der Waals surface area contributed by atoms with Crippen molar-refractivity contribution in [2.75, 3.05) is 5.32 Å². The van der Waals surface area contributed by atoms with Gasteiger partial charge in [-0.2, -0.15) is 0 Å². The van der Waals surface area contributed by atoms with Gasteiger partial charge in [-0.15, -0.1) is 5.06 Å². The van der Waals surface area contributed by atoms with E-state index in [1.165, 1.54) is 0 Å². The molecule has 1 aromatic carbocycles. The maximum Gasteiger partial charge on any atom is 0.333 e. The summed E-state index contributed by atoms with van der Waals surface area (Å²) in [6, 6.07) is 7.23. The summed E-state index contributed by atoms with van der Waals surface area (Å²) < 4.78 is 0. The van der Waals surface area contributed by atoms with E-state index in [1.54, 1.807) is 12.1 Å². The zero-order chi connectivity index (χ0) is 16.1. The molecule has 7 heteroatoms. The molecule has 2 rings (SSSR count). The van der Waals surface area contributed by atoms with Crippen LogP contribution in [0.1, 0.15) is 31.2 Å². The molecule has 0 saturated carbocycles. The summed E-state index contributed by atoms with van der Waals surface area (Å²) >= 11 is 0. The second-order valence-corrected chi connectivity index (χ2v) is 4.96. The summed E-state index contributed by atoms with van der Waals surface area (Å²) in [5, 5.41) is 3.11. The molecule has 1 aliphatic rings. The number of benzene rings is 1. The predicted molar refractivity (Wildman–Crippen MR) is 76.2 cm³/mol. The molecule has 0 atom stereocenters. The highest BCUT2D eigenvalue weighted by molar-refractivity contribution is 6.01. The Morgan fingerprint density at radius 3 is 2.27 bits per heavy atom. The van der Waals surface area contributed by atoms with Crippen LogP contribution in [0.2, 0.25) is 0 Å². The highest BCUT2D eigenvalue weighted by Crippen LogP contribution is 2.13. The Morgan fingerprint density at radius 2 is 1.68 bits per heavy atom. The molecule has 1 N–H and O–H groups in total. The Balaban J connectivity index is 1.76. The monoisotopic (exact) mass is 304 g/mol. The number of hydroxylamine groups is 2. The average molecular weight is 304 g/mol. The third-order valence-corrected chi connectivity index (χ3v) is 3.09. The van der Waals surface area contributed by atoms with E-state index in [-0.39, 0.29) is 31.6 Å². The van der Waals surface area contributed by atoms with Crippen molar-refractivity contribution in [1.82, 2.24) is 5.06 Å². The molecule has 7 nitrogen and oxygen atoms in total. The summed E-state index contributed by atoms with van der Waals surface area (Å²) in [5.74, 6) is -2.22. The molecule has 0 aliphatic carbocycles. The van der Waals surface area contributed by atoms with Gasteiger partial charge in [-0.3, -0.25) is 14.4 Å². The van der Waals surface area contributed by atoms with Gasteiger partial charge in [0.1, 0.15) is 0 Å². The predicted octanol–water partition coefficient (Wildman–Crippen LogP) is 1.32. The fraction of sp³-hybridized carbons (Fsp3) is 0.333. The molecule has 0 unspecified atom stereocenters. The molecule has 0 spiro atoms. The van der Waals surface area contributed by atoms with Crippen molar-refractivity contribution in [2.45, 2.75) is 32.6 Å². The fourth-order valence-electron chi connectivity index (χ4n) is 1.88. The van der Waals surface area contributed by atoms with Crippen molar-refractivity contribution in [3.8, 4) is 0 Å². The second kappa shape index (κ2) is 6.84. The van der Waals surface area contributed by atoms with E-state index in [1.807, 2.05) is 19.1 Å². The summed E-state index contributed by atoms with van der Waals surface area (Å²) in [6.07, 6.45) is -0.224. The van der Waals surface area contributed by atoms with Crippen LogP contribution in [0.25, 0.3) is 0 Å². The molecule has 1 fully saturated rings. The van der Waals surface area contributed by atoms with Gasteiger partial charge in [0.25, 0.3) is 11.8 Å². The number of hydrogen-bond donors (Lipinski definition) is 1. The lowest BCUT2D eigenvalue weighted by Gasteiger charge is -2.12. The minimum Gasteiger partial charge on any atom is -0.330 e. The average Bonchev–Trinajstić information content (AvgIpc) is 2.79. The molecular weight excluding hydrogens is 288 g/mol. The number of aryl methyl sites for hydroxylation is 1. The van der Waals surface area contributed by atoms with Crippen LogP contribution < -0.4 is 5.32 Å². The molecule has 1 heterocycles. The van der Waals surface area contributed by atoms with E-state index in [9.17, 15) is 19.2 Å². The van der Waals surface area contributed by atoms with Crippen molar-refractivity contribution in [3.05, 3.63) is 29.8 Å². The smallest absolute Gasteiger partial charge is 0.330 e. The zero-order valence-electron chi connectivity index (χ0n) is 12.1. The van der Waals surface area contributed by atoms with Crippen molar-refractivity contribution in [2.24, 2.45) is 0 Å². The molecule has 0 bridgehead atoms. The third-order valence-electron chi connectivity index (χ3n) is 3.09. The Labute approximate surface area is 127 Å². The third kappa shape index (κ3) is 4.15. The van der Waals surface area contributed by atoms with Crippen LogP contribution >= 0.6 is 0 Å². The maximum absolute atomic E-state index is 11.7.